The van der Waals surface area contributed by atoms with Crippen LogP contribution in [-0.2, 0) is 4.79 Å². The van der Waals surface area contributed by atoms with E-state index >= 15 is 0 Å². The maximum atomic E-state index is 12.0. The zero-order valence-corrected chi connectivity index (χ0v) is 12.1. The van der Waals surface area contributed by atoms with Crippen LogP contribution in [0.1, 0.15) is 29.3 Å². The summed E-state index contributed by atoms with van der Waals surface area (Å²) < 4.78 is 2.05. The molecule has 1 atom stereocenters. The Kier molecular flexibility index (Phi) is 2.68. The van der Waals surface area contributed by atoms with Gasteiger partial charge in [-0.3, -0.25) is 14.5 Å². The van der Waals surface area contributed by atoms with Crippen molar-refractivity contribution in [3.63, 3.8) is 0 Å². The summed E-state index contributed by atoms with van der Waals surface area (Å²) in [7, 11) is 0. The molecule has 0 fully saturated rings. The van der Waals surface area contributed by atoms with Gasteiger partial charge in [0.15, 0.2) is 10.9 Å². The molecule has 21 heavy (non-hydrogen) atoms. The Labute approximate surface area is 124 Å². The number of fused-ring (bicyclic) bond motifs is 1. The Morgan fingerprint density at radius 2 is 2.38 bits per heavy atom. The molecule has 0 bridgehead atoms. The van der Waals surface area contributed by atoms with E-state index < -0.39 is 0 Å². The van der Waals surface area contributed by atoms with Gasteiger partial charge in [0.05, 0.1) is 0 Å². The van der Waals surface area contributed by atoms with Gasteiger partial charge in [0, 0.05) is 47.1 Å². The molecule has 3 aromatic heterocycles. The molecule has 0 spiro atoms. The van der Waals surface area contributed by atoms with Crippen LogP contribution in [-0.4, -0.2) is 25.7 Å². The number of H-pyrrole nitrogens is 1. The van der Waals surface area contributed by atoms with E-state index in [1.807, 2.05) is 35.2 Å². The second-order valence-electron chi connectivity index (χ2n) is 5.03. The number of aromatic nitrogens is 4. The molecule has 4 rings (SSSR count). The summed E-state index contributed by atoms with van der Waals surface area (Å²) in [6.07, 6.45) is 4.18. The minimum atomic E-state index is -0.00844. The third-order valence-electron chi connectivity index (χ3n) is 3.75. The minimum absolute atomic E-state index is 0.00796. The van der Waals surface area contributed by atoms with Gasteiger partial charge in [-0.1, -0.05) is 0 Å². The van der Waals surface area contributed by atoms with Gasteiger partial charge < -0.3 is 5.32 Å². The van der Waals surface area contributed by atoms with Crippen LogP contribution in [0, 0.1) is 6.92 Å². The van der Waals surface area contributed by atoms with Crippen molar-refractivity contribution in [2.45, 2.75) is 19.3 Å². The summed E-state index contributed by atoms with van der Waals surface area (Å²) in [4.78, 5) is 16.3. The quantitative estimate of drug-likeness (QED) is 0.763. The maximum Gasteiger partial charge on any atom is 0.226 e. The molecule has 0 aromatic carbocycles. The second-order valence-corrected chi connectivity index (χ2v) is 5.91. The van der Waals surface area contributed by atoms with Crippen LogP contribution in [0.25, 0.3) is 5.13 Å². The number of hydrogen-bond donors (Lipinski definition) is 2. The molecule has 3 aromatic rings. The van der Waals surface area contributed by atoms with E-state index in [4.69, 9.17) is 0 Å². The van der Waals surface area contributed by atoms with Crippen LogP contribution in [0.3, 0.4) is 0 Å². The third-order valence-corrected chi connectivity index (χ3v) is 4.52. The van der Waals surface area contributed by atoms with E-state index in [1.54, 1.807) is 17.5 Å². The van der Waals surface area contributed by atoms with Crippen LogP contribution in [0.15, 0.2) is 29.9 Å². The van der Waals surface area contributed by atoms with Crippen LogP contribution in [0.5, 0.6) is 0 Å². The Morgan fingerprint density at radius 1 is 1.48 bits per heavy atom. The normalized spacial score (nSPS) is 17.6. The highest BCUT2D eigenvalue weighted by Gasteiger charge is 2.32. The van der Waals surface area contributed by atoms with Gasteiger partial charge in [-0.15, -0.1) is 11.3 Å². The van der Waals surface area contributed by atoms with Gasteiger partial charge in [0.1, 0.15) is 0 Å². The van der Waals surface area contributed by atoms with Gasteiger partial charge in [-0.05, 0) is 19.1 Å². The smallest absolute Gasteiger partial charge is 0.226 e. The molecule has 0 aliphatic carbocycles. The van der Waals surface area contributed by atoms with E-state index in [1.165, 1.54) is 0 Å². The molecule has 7 heteroatoms. The molecule has 6 nitrogen and oxygen atoms in total. The van der Waals surface area contributed by atoms with Gasteiger partial charge in [0.25, 0.3) is 0 Å². The molecule has 0 radical (unpaired) electrons. The van der Waals surface area contributed by atoms with E-state index in [9.17, 15) is 4.79 Å². The lowest BCUT2D eigenvalue weighted by molar-refractivity contribution is -0.116. The highest BCUT2D eigenvalue weighted by atomic mass is 32.1. The predicted octanol–water partition coefficient (Wildman–Crippen LogP) is 2.44. The minimum Gasteiger partial charge on any atom is -0.309 e. The van der Waals surface area contributed by atoms with E-state index in [0.29, 0.717) is 12.2 Å². The van der Waals surface area contributed by atoms with Crippen LogP contribution in [0.2, 0.25) is 0 Å². The fraction of sp³-hybridized carbons (Fsp3) is 0.214. The fourth-order valence-corrected chi connectivity index (χ4v) is 3.51. The molecular formula is C14H13N5OS. The lowest BCUT2D eigenvalue weighted by atomic mass is 9.89. The molecule has 1 unspecified atom stereocenters. The average Bonchev–Trinajstić information content (AvgIpc) is 3.17. The van der Waals surface area contributed by atoms with Crippen LogP contribution >= 0.6 is 11.3 Å². The number of aryl methyl sites for hydroxylation is 1. The van der Waals surface area contributed by atoms with Gasteiger partial charge >= 0.3 is 0 Å². The largest absolute Gasteiger partial charge is 0.309 e. The summed E-state index contributed by atoms with van der Waals surface area (Å²) in [5.41, 5.74) is 3.11. The van der Waals surface area contributed by atoms with Crippen LogP contribution < -0.4 is 5.32 Å². The molecule has 0 saturated heterocycles. The standard InChI is InChI=1S/C14H13N5OS/c1-8-12-9(7-11(20)16-13(12)18-17-8)10-3-2-5-19(10)14-15-4-6-21-14/h2-6,9H,7H2,1H3,(H2,16,17,18,20). The predicted molar refractivity (Wildman–Crippen MR) is 79.9 cm³/mol. The number of amides is 1. The Bertz CT molecular complexity index is 801. The highest BCUT2D eigenvalue weighted by Crippen LogP contribution is 2.38. The van der Waals surface area contributed by atoms with Gasteiger partial charge in [-0.25, -0.2) is 4.98 Å². The van der Waals surface area contributed by atoms with Crippen molar-refractivity contribution < 1.29 is 4.79 Å². The Morgan fingerprint density at radius 3 is 3.19 bits per heavy atom. The molecule has 0 saturated carbocycles. The van der Waals surface area contributed by atoms with Crippen LogP contribution in [0.4, 0.5) is 5.82 Å². The third kappa shape index (κ3) is 1.89. The number of thiazole rings is 1. The number of anilines is 1. The monoisotopic (exact) mass is 299 g/mol. The van der Waals surface area contributed by atoms with E-state index in [2.05, 4.69) is 20.5 Å². The van der Waals surface area contributed by atoms with Crippen molar-refractivity contribution in [3.05, 3.63) is 46.9 Å². The molecule has 106 valence electrons. The number of rotatable bonds is 2. The maximum absolute atomic E-state index is 12.0. The second kappa shape index (κ2) is 4.56. The summed E-state index contributed by atoms with van der Waals surface area (Å²) in [5, 5.41) is 12.8. The first kappa shape index (κ1) is 12.3. The summed E-state index contributed by atoms with van der Waals surface area (Å²) in [5.74, 6) is 0.623. The number of aromatic amines is 1. The zero-order chi connectivity index (χ0) is 14.4. The number of carbonyl (C=O) groups excluding carboxylic acids is 1. The van der Waals surface area contributed by atoms with Crippen molar-refractivity contribution in [2.24, 2.45) is 0 Å². The molecule has 1 aliphatic rings. The Hall–Kier alpha value is -2.41. The number of nitrogens with one attached hydrogen (secondary N) is 2. The first-order valence-electron chi connectivity index (χ1n) is 6.66. The molecule has 2 N–H and O–H groups in total. The fourth-order valence-electron chi connectivity index (χ4n) is 2.87. The van der Waals surface area contributed by atoms with E-state index in [0.717, 1.165) is 22.1 Å². The summed E-state index contributed by atoms with van der Waals surface area (Å²) in [6, 6.07) is 4.03. The molecular weight excluding hydrogens is 286 g/mol. The van der Waals surface area contributed by atoms with Crippen molar-refractivity contribution in [2.75, 3.05) is 5.32 Å². The van der Waals surface area contributed by atoms with Crippen molar-refractivity contribution >= 4 is 23.1 Å². The molecule has 1 amide bonds. The van der Waals surface area contributed by atoms with Crippen molar-refractivity contribution in [1.29, 1.82) is 0 Å². The van der Waals surface area contributed by atoms with Crippen molar-refractivity contribution in [3.8, 4) is 5.13 Å². The summed E-state index contributed by atoms with van der Waals surface area (Å²) in [6.45, 7) is 1.98. The molecule has 1 aliphatic heterocycles. The van der Waals surface area contributed by atoms with E-state index in [-0.39, 0.29) is 11.8 Å². The lowest BCUT2D eigenvalue weighted by Gasteiger charge is -2.23. The zero-order valence-electron chi connectivity index (χ0n) is 11.3. The number of nitrogens with zero attached hydrogens (tertiary/aromatic N) is 3. The van der Waals surface area contributed by atoms with Gasteiger partial charge in [0.2, 0.25) is 5.91 Å². The van der Waals surface area contributed by atoms with Gasteiger partial charge in [-0.2, -0.15) is 5.10 Å². The first-order chi connectivity index (χ1) is 10.2. The first-order valence-corrected chi connectivity index (χ1v) is 7.54. The highest BCUT2D eigenvalue weighted by molar-refractivity contribution is 7.12. The summed E-state index contributed by atoms with van der Waals surface area (Å²) >= 11 is 1.58. The SMILES string of the molecule is Cc1[nH]nc2c1C(c1cccn1-c1nccs1)CC(=O)N2. The lowest BCUT2D eigenvalue weighted by Crippen LogP contribution is -2.24. The number of hydrogen-bond acceptors (Lipinski definition) is 4. The average molecular weight is 299 g/mol. The number of carbonyl (C=O) groups is 1. The Balaban J connectivity index is 1.86. The van der Waals surface area contributed by atoms with Crippen molar-refractivity contribution in [1.82, 2.24) is 19.7 Å². The molecule has 4 heterocycles. The topological polar surface area (TPSA) is 75.6 Å².